The van der Waals surface area contributed by atoms with Crippen LogP contribution in [0.25, 0.3) is 11.1 Å². The maximum Gasteiger partial charge on any atom is 0.490 e. The predicted molar refractivity (Wildman–Crippen MR) is 105 cm³/mol. The standard InChI is InChI=1S/C20H17NO2.C2HF3O2/c21-14-15-6-8-18(9-7-15)20(22)23-19-12-10-17(11-13-19)16-4-2-1-3-5-16;3-2(4,5)1(6)7/h1-13H,14,21H2;(H,6,7). The van der Waals surface area contributed by atoms with E-state index in [9.17, 15) is 18.0 Å². The molecule has 5 nitrogen and oxygen atoms in total. The summed E-state index contributed by atoms with van der Waals surface area (Å²) in [4.78, 5) is 21.0. The Morgan fingerprint density at radius 3 is 1.80 bits per heavy atom. The van der Waals surface area contributed by atoms with Gasteiger partial charge in [-0.3, -0.25) is 0 Å². The molecule has 30 heavy (non-hydrogen) atoms. The highest BCUT2D eigenvalue weighted by Crippen LogP contribution is 2.22. The van der Waals surface area contributed by atoms with Crippen molar-refractivity contribution in [3.05, 3.63) is 90.0 Å². The first kappa shape index (κ1) is 22.6. The molecule has 0 saturated heterocycles. The van der Waals surface area contributed by atoms with Gasteiger partial charge < -0.3 is 15.6 Å². The van der Waals surface area contributed by atoms with Gasteiger partial charge in [0.2, 0.25) is 0 Å². The summed E-state index contributed by atoms with van der Waals surface area (Å²) in [5.41, 5.74) is 9.24. The fourth-order valence-electron chi connectivity index (χ4n) is 2.29. The Hall–Kier alpha value is -3.65. The number of aliphatic carboxylic acids is 1. The van der Waals surface area contributed by atoms with Crippen LogP contribution in [0.3, 0.4) is 0 Å². The van der Waals surface area contributed by atoms with E-state index in [-0.39, 0.29) is 5.97 Å². The maximum absolute atomic E-state index is 12.1. The fraction of sp³-hybridized carbons (Fsp3) is 0.0909. The van der Waals surface area contributed by atoms with Crippen LogP contribution in [0.2, 0.25) is 0 Å². The van der Waals surface area contributed by atoms with E-state index in [1.165, 1.54) is 0 Å². The van der Waals surface area contributed by atoms with E-state index in [0.717, 1.165) is 16.7 Å². The topological polar surface area (TPSA) is 89.6 Å². The molecule has 0 aliphatic carbocycles. The number of hydrogen-bond donors (Lipinski definition) is 2. The first-order valence-corrected chi connectivity index (χ1v) is 8.67. The van der Waals surface area contributed by atoms with Crippen LogP contribution < -0.4 is 10.5 Å². The van der Waals surface area contributed by atoms with Gasteiger partial charge in [-0.25, -0.2) is 9.59 Å². The number of esters is 1. The number of ether oxygens (including phenoxy) is 1. The Balaban J connectivity index is 0.000000396. The van der Waals surface area contributed by atoms with E-state index >= 15 is 0 Å². The molecule has 156 valence electrons. The van der Waals surface area contributed by atoms with Crippen molar-refractivity contribution in [1.82, 2.24) is 0 Å². The van der Waals surface area contributed by atoms with E-state index < -0.39 is 12.1 Å². The Morgan fingerprint density at radius 2 is 1.33 bits per heavy atom. The average Bonchev–Trinajstić information content (AvgIpc) is 2.74. The predicted octanol–water partition coefficient (Wildman–Crippen LogP) is 4.66. The molecular weight excluding hydrogens is 399 g/mol. The highest BCUT2D eigenvalue weighted by molar-refractivity contribution is 5.91. The first-order chi connectivity index (χ1) is 14.2. The molecule has 3 aromatic rings. The third kappa shape index (κ3) is 6.75. The van der Waals surface area contributed by atoms with Gasteiger partial charge in [-0.2, -0.15) is 13.2 Å². The molecule has 0 amide bonds. The molecule has 0 radical (unpaired) electrons. The van der Waals surface area contributed by atoms with Gasteiger partial charge in [-0.05, 0) is 41.0 Å². The lowest BCUT2D eigenvalue weighted by Crippen LogP contribution is -2.21. The second kappa shape index (κ2) is 10.2. The number of carboxylic acid groups (broad SMARTS) is 1. The number of hydrogen-bond acceptors (Lipinski definition) is 4. The summed E-state index contributed by atoms with van der Waals surface area (Å²) in [6.07, 6.45) is -5.08. The number of rotatable bonds is 4. The molecule has 8 heteroatoms. The van der Waals surface area contributed by atoms with Gasteiger partial charge in [-0.1, -0.05) is 54.6 Å². The molecule has 0 aromatic heterocycles. The smallest absolute Gasteiger partial charge is 0.475 e. The second-order valence-corrected chi connectivity index (χ2v) is 5.98. The van der Waals surface area contributed by atoms with Gasteiger partial charge in [0.05, 0.1) is 5.56 Å². The minimum absolute atomic E-state index is 0.374. The molecule has 0 bridgehead atoms. The summed E-state index contributed by atoms with van der Waals surface area (Å²) in [5, 5.41) is 7.12. The zero-order valence-corrected chi connectivity index (χ0v) is 15.6. The van der Waals surface area contributed by atoms with Crippen molar-refractivity contribution in [3.63, 3.8) is 0 Å². The fourth-order valence-corrected chi connectivity index (χ4v) is 2.29. The Bertz CT molecular complexity index is 970. The highest BCUT2D eigenvalue weighted by atomic mass is 19.4. The van der Waals surface area contributed by atoms with Crippen molar-refractivity contribution in [2.24, 2.45) is 5.73 Å². The normalized spacial score (nSPS) is 10.5. The van der Waals surface area contributed by atoms with Crippen LogP contribution in [0, 0.1) is 0 Å². The lowest BCUT2D eigenvalue weighted by molar-refractivity contribution is -0.192. The van der Waals surface area contributed by atoms with E-state index in [2.05, 4.69) is 0 Å². The number of halogens is 3. The van der Waals surface area contributed by atoms with E-state index in [1.54, 1.807) is 24.3 Å². The van der Waals surface area contributed by atoms with Crippen LogP contribution in [0.1, 0.15) is 15.9 Å². The zero-order chi connectivity index (χ0) is 22.1. The van der Waals surface area contributed by atoms with Gasteiger partial charge >= 0.3 is 18.1 Å². The third-order valence-corrected chi connectivity index (χ3v) is 3.84. The summed E-state index contributed by atoms with van der Waals surface area (Å²) in [6.45, 7) is 0.455. The summed E-state index contributed by atoms with van der Waals surface area (Å²) in [6, 6.07) is 24.6. The van der Waals surface area contributed by atoms with Gasteiger partial charge in [0.25, 0.3) is 0 Å². The van der Waals surface area contributed by atoms with Crippen molar-refractivity contribution in [2.75, 3.05) is 0 Å². The van der Waals surface area contributed by atoms with E-state index in [0.29, 0.717) is 17.9 Å². The summed E-state index contributed by atoms with van der Waals surface area (Å²) in [7, 11) is 0. The zero-order valence-electron chi connectivity index (χ0n) is 15.6. The molecule has 0 unspecified atom stereocenters. The minimum Gasteiger partial charge on any atom is -0.475 e. The molecule has 0 fully saturated rings. The van der Waals surface area contributed by atoms with Crippen molar-refractivity contribution in [2.45, 2.75) is 12.7 Å². The van der Waals surface area contributed by atoms with E-state index in [4.69, 9.17) is 20.4 Å². The third-order valence-electron chi connectivity index (χ3n) is 3.84. The number of carboxylic acids is 1. The van der Waals surface area contributed by atoms with Crippen LogP contribution in [0.5, 0.6) is 5.75 Å². The SMILES string of the molecule is NCc1ccc(C(=O)Oc2ccc(-c3ccccc3)cc2)cc1.O=C(O)C(F)(F)F. The molecule has 3 N–H and O–H groups in total. The number of carbonyl (C=O) groups is 2. The number of nitrogens with two attached hydrogens (primary N) is 1. The van der Waals surface area contributed by atoms with Crippen LogP contribution in [-0.2, 0) is 11.3 Å². The summed E-state index contributed by atoms with van der Waals surface area (Å²) < 4.78 is 37.1. The number of benzene rings is 3. The molecule has 3 rings (SSSR count). The second-order valence-electron chi connectivity index (χ2n) is 5.98. The van der Waals surface area contributed by atoms with Crippen molar-refractivity contribution < 1.29 is 32.6 Å². The largest absolute Gasteiger partial charge is 0.490 e. The van der Waals surface area contributed by atoms with Crippen LogP contribution in [0.4, 0.5) is 13.2 Å². The van der Waals surface area contributed by atoms with Gasteiger partial charge in [0.15, 0.2) is 0 Å². The first-order valence-electron chi connectivity index (χ1n) is 8.67. The summed E-state index contributed by atoms with van der Waals surface area (Å²) in [5.74, 6) is -2.61. The molecule has 0 saturated carbocycles. The Kier molecular flexibility index (Phi) is 7.71. The van der Waals surface area contributed by atoms with Gasteiger partial charge in [0, 0.05) is 6.54 Å². The molecule has 3 aromatic carbocycles. The average molecular weight is 417 g/mol. The lowest BCUT2D eigenvalue weighted by Gasteiger charge is -2.06. The van der Waals surface area contributed by atoms with Crippen LogP contribution >= 0.6 is 0 Å². The van der Waals surface area contributed by atoms with Gasteiger partial charge in [-0.15, -0.1) is 0 Å². The van der Waals surface area contributed by atoms with Gasteiger partial charge in [0.1, 0.15) is 5.75 Å². The lowest BCUT2D eigenvalue weighted by atomic mass is 10.1. The van der Waals surface area contributed by atoms with Crippen molar-refractivity contribution in [3.8, 4) is 16.9 Å². The Morgan fingerprint density at radius 1 is 0.833 bits per heavy atom. The van der Waals surface area contributed by atoms with E-state index in [1.807, 2.05) is 54.6 Å². The number of carbonyl (C=O) groups excluding carboxylic acids is 1. The van der Waals surface area contributed by atoms with Crippen LogP contribution in [-0.4, -0.2) is 23.2 Å². The number of alkyl halides is 3. The monoisotopic (exact) mass is 417 g/mol. The highest BCUT2D eigenvalue weighted by Gasteiger charge is 2.38. The molecule has 0 spiro atoms. The minimum atomic E-state index is -5.08. The summed E-state index contributed by atoms with van der Waals surface area (Å²) >= 11 is 0. The molecule has 0 heterocycles. The molecule has 0 atom stereocenters. The molecule has 0 aliphatic rings. The Labute approximate surface area is 170 Å². The molecular formula is C22H18F3NO4. The van der Waals surface area contributed by atoms with Crippen LogP contribution in [0.15, 0.2) is 78.9 Å². The maximum atomic E-state index is 12.1. The quantitative estimate of drug-likeness (QED) is 0.476. The van der Waals surface area contributed by atoms with Crippen molar-refractivity contribution >= 4 is 11.9 Å². The molecule has 0 aliphatic heterocycles. The van der Waals surface area contributed by atoms with Crippen molar-refractivity contribution in [1.29, 1.82) is 0 Å².